The van der Waals surface area contributed by atoms with Gasteiger partial charge in [-0.2, -0.15) is 0 Å². The van der Waals surface area contributed by atoms with Crippen molar-refractivity contribution >= 4 is 24.0 Å². The molecule has 2 rings (SSSR count). The van der Waals surface area contributed by atoms with Crippen LogP contribution in [-0.4, -0.2) is 19.7 Å². The summed E-state index contributed by atoms with van der Waals surface area (Å²) in [5.74, 6) is 1.51. The summed E-state index contributed by atoms with van der Waals surface area (Å²) in [6.07, 6.45) is 1.21. The Labute approximate surface area is 101 Å². The molecular weight excluding hydrogens is 233 g/mol. The summed E-state index contributed by atoms with van der Waals surface area (Å²) in [4.78, 5) is 0. The van der Waals surface area contributed by atoms with Crippen LogP contribution in [0.25, 0.3) is 0 Å². The lowest BCUT2D eigenvalue weighted by molar-refractivity contribution is 0.260. The number of ether oxygens (including phenoxy) is 1. The second-order valence-electron chi connectivity index (χ2n) is 3.63. The van der Waals surface area contributed by atoms with E-state index in [1.807, 2.05) is 24.3 Å². The molecule has 0 spiro atoms. The predicted octanol–water partition coefficient (Wildman–Crippen LogP) is 2.75. The number of halogens is 2. The molecule has 1 saturated heterocycles. The van der Waals surface area contributed by atoms with Gasteiger partial charge in [-0.05, 0) is 31.2 Å². The minimum absolute atomic E-state index is 0. The number of rotatable bonds is 3. The van der Waals surface area contributed by atoms with Crippen molar-refractivity contribution in [3.8, 4) is 5.75 Å². The number of hydrogen-bond donors (Lipinski definition) is 1. The van der Waals surface area contributed by atoms with Gasteiger partial charge in [0.2, 0.25) is 0 Å². The van der Waals surface area contributed by atoms with E-state index in [4.69, 9.17) is 16.3 Å². The van der Waals surface area contributed by atoms with E-state index in [2.05, 4.69) is 5.32 Å². The normalized spacial score (nSPS) is 19.7. The monoisotopic (exact) mass is 247 g/mol. The van der Waals surface area contributed by atoms with Crippen LogP contribution in [0.3, 0.4) is 0 Å². The fourth-order valence-corrected chi connectivity index (χ4v) is 1.81. The third kappa shape index (κ3) is 3.90. The Morgan fingerprint density at radius 3 is 3.00 bits per heavy atom. The molecule has 0 radical (unpaired) electrons. The molecule has 1 heterocycles. The van der Waals surface area contributed by atoms with Gasteiger partial charge in [-0.15, -0.1) is 12.4 Å². The van der Waals surface area contributed by atoms with Crippen molar-refractivity contribution in [2.24, 2.45) is 5.92 Å². The van der Waals surface area contributed by atoms with Gasteiger partial charge in [-0.1, -0.05) is 17.7 Å². The van der Waals surface area contributed by atoms with E-state index in [1.54, 1.807) is 0 Å². The third-order valence-corrected chi connectivity index (χ3v) is 2.68. The van der Waals surface area contributed by atoms with Crippen molar-refractivity contribution in [2.75, 3.05) is 19.7 Å². The Kier molecular flexibility index (Phi) is 5.23. The molecule has 1 atom stereocenters. The summed E-state index contributed by atoms with van der Waals surface area (Å²) in [6.45, 7) is 2.97. The van der Waals surface area contributed by atoms with Gasteiger partial charge in [-0.25, -0.2) is 0 Å². The second kappa shape index (κ2) is 6.21. The zero-order valence-electron chi connectivity index (χ0n) is 8.41. The summed E-state index contributed by atoms with van der Waals surface area (Å²) in [6, 6.07) is 7.55. The van der Waals surface area contributed by atoms with Crippen LogP contribution in [-0.2, 0) is 0 Å². The molecule has 0 aliphatic carbocycles. The van der Waals surface area contributed by atoms with E-state index in [0.717, 1.165) is 30.5 Å². The molecule has 1 N–H and O–H groups in total. The highest BCUT2D eigenvalue weighted by atomic mass is 35.5. The standard InChI is InChI=1S/C11H14ClNO.ClH/c12-10-2-1-3-11(6-10)14-8-9-4-5-13-7-9;/h1-3,6,9,13H,4-5,7-8H2;1H. The maximum Gasteiger partial charge on any atom is 0.120 e. The lowest BCUT2D eigenvalue weighted by Gasteiger charge is -2.10. The summed E-state index contributed by atoms with van der Waals surface area (Å²) in [5.41, 5.74) is 0. The quantitative estimate of drug-likeness (QED) is 0.888. The molecule has 1 unspecified atom stereocenters. The van der Waals surface area contributed by atoms with Gasteiger partial charge >= 0.3 is 0 Å². The first-order chi connectivity index (χ1) is 6.84. The van der Waals surface area contributed by atoms with Crippen LogP contribution in [0.4, 0.5) is 0 Å². The summed E-state index contributed by atoms with van der Waals surface area (Å²) < 4.78 is 5.65. The number of benzene rings is 1. The first-order valence-electron chi connectivity index (χ1n) is 4.94. The van der Waals surface area contributed by atoms with Gasteiger partial charge in [0.1, 0.15) is 5.75 Å². The Morgan fingerprint density at radius 1 is 1.47 bits per heavy atom. The van der Waals surface area contributed by atoms with Gasteiger partial charge in [-0.3, -0.25) is 0 Å². The molecule has 0 bridgehead atoms. The molecule has 15 heavy (non-hydrogen) atoms. The van der Waals surface area contributed by atoms with Crippen molar-refractivity contribution in [3.63, 3.8) is 0 Å². The zero-order chi connectivity index (χ0) is 9.80. The highest BCUT2D eigenvalue weighted by Crippen LogP contribution is 2.18. The van der Waals surface area contributed by atoms with E-state index < -0.39 is 0 Å². The van der Waals surface area contributed by atoms with Crippen LogP contribution in [0.15, 0.2) is 24.3 Å². The van der Waals surface area contributed by atoms with Crippen molar-refractivity contribution in [2.45, 2.75) is 6.42 Å². The average Bonchev–Trinajstić information content (AvgIpc) is 2.67. The Morgan fingerprint density at radius 2 is 2.33 bits per heavy atom. The molecule has 0 aromatic heterocycles. The van der Waals surface area contributed by atoms with Crippen molar-refractivity contribution in [1.29, 1.82) is 0 Å². The van der Waals surface area contributed by atoms with Crippen molar-refractivity contribution in [1.82, 2.24) is 5.32 Å². The van der Waals surface area contributed by atoms with E-state index in [9.17, 15) is 0 Å². The molecule has 2 nitrogen and oxygen atoms in total. The van der Waals surface area contributed by atoms with Crippen LogP contribution < -0.4 is 10.1 Å². The minimum atomic E-state index is 0. The summed E-state index contributed by atoms with van der Waals surface area (Å²) in [5, 5.41) is 4.04. The zero-order valence-corrected chi connectivity index (χ0v) is 9.98. The minimum Gasteiger partial charge on any atom is -0.493 e. The van der Waals surface area contributed by atoms with Crippen molar-refractivity contribution in [3.05, 3.63) is 29.3 Å². The highest BCUT2D eigenvalue weighted by molar-refractivity contribution is 6.30. The Balaban J connectivity index is 0.00000112. The molecule has 1 aliphatic heterocycles. The molecule has 1 aromatic carbocycles. The largest absolute Gasteiger partial charge is 0.493 e. The van der Waals surface area contributed by atoms with E-state index in [-0.39, 0.29) is 12.4 Å². The topological polar surface area (TPSA) is 21.3 Å². The van der Waals surface area contributed by atoms with E-state index in [0.29, 0.717) is 5.92 Å². The Bertz CT molecular complexity index is 300. The molecule has 0 saturated carbocycles. The molecular formula is C11H15Cl2NO. The second-order valence-corrected chi connectivity index (χ2v) is 4.06. The molecule has 1 fully saturated rings. The number of hydrogen-bond acceptors (Lipinski definition) is 2. The fourth-order valence-electron chi connectivity index (χ4n) is 1.63. The van der Waals surface area contributed by atoms with Gasteiger partial charge in [0.15, 0.2) is 0 Å². The molecule has 4 heteroatoms. The maximum absolute atomic E-state index is 5.85. The van der Waals surface area contributed by atoms with Gasteiger partial charge < -0.3 is 10.1 Å². The molecule has 84 valence electrons. The first kappa shape index (κ1) is 12.6. The van der Waals surface area contributed by atoms with Gasteiger partial charge in [0.05, 0.1) is 6.61 Å². The first-order valence-corrected chi connectivity index (χ1v) is 5.31. The van der Waals surface area contributed by atoms with Crippen LogP contribution in [0.5, 0.6) is 5.75 Å². The fraction of sp³-hybridized carbons (Fsp3) is 0.455. The lowest BCUT2D eigenvalue weighted by Crippen LogP contribution is -2.15. The van der Waals surface area contributed by atoms with Gasteiger partial charge in [0, 0.05) is 17.5 Å². The van der Waals surface area contributed by atoms with Crippen LogP contribution in [0.2, 0.25) is 5.02 Å². The molecule has 0 amide bonds. The smallest absolute Gasteiger partial charge is 0.120 e. The van der Waals surface area contributed by atoms with Crippen LogP contribution >= 0.6 is 24.0 Å². The van der Waals surface area contributed by atoms with Gasteiger partial charge in [0.25, 0.3) is 0 Å². The lowest BCUT2D eigenvalue weighted by atomic mass is 10.1. The molecule has 1 aliphatic rings. The third-order valence-electron chi connectivity index (χ3n) is 2.44. The molecule has 1 aromatic rings. The van der Waals surface area contributed by atoms with E-state index in [1.165, 1.54) is 6.42 Å². The predicted molar refractivity (Wildman–Crippen MR) is 65.2 cm³/mol. The maximum atomic E-state index is 5.85. The highest BCUT2D eigenvalue weighted by Gasteiger charge is 2.14. The van der Waals surface area contributed by atoms with E-state index >= 15 is 0 Å². The summed E-state index contributed by atoms with van der Waals surface area (Å²) in [7, 11) is 0. The average molecular weight is 248 g/mol. The van der Waals surface area contributed by atoms with Crippen LogP contribution in [0.1, 0.15) is 6.42 Å². The SMILES string of the molecule is Cl.Clc1cccc(OCC2CCNC2)c1. The number of nitrogens with one attached hydrogen (secondary N) is 1. The Hall–Kier alpha value is -0.440. The van der Waals surface area contributed by atoms with Crippen molar-refractivity contribution < 1.29 is 4.74 Å². The van der Waals surface area contributed by atoms with Crippen LogP contribution in [0, 0.1) is 5.92 Å². The summed E-state index contributed by atoms with van der Waals surface area (Å²) >= 11 is 5.85.